The lowest BCUT2D eigenvalue weighted by atomic mass is 9.63. The molecule has 0 radical (unpaired) electrons. The van der Waals surface area contributed by atoms with Gasteiger partial charge in [0.25, 0.3) is 0 Å². The van der Waals surface area contributed by atoms with Gasteiger partial charge in [-0.2, -0.15) is 0 Å². The predicted octanol–water partition coefficient (Wildman–Crippen LogP) is 8.41. The molecule has 1 aliphatic heterocycles. The number of ketones is 2. The lowest BCUT2D eigenvalue weighted by molar-refractivity contribution is -0.119. The van der Waals surface area contributed by atoms with Crippen LogP contribution in [0.5, 0.6) is 11.5 Å². The van der Waals surface area contributed by atoms with Crippen molar-refractivity contribution in [2.45, 2.75) is 93.1 Å². The van der Waals surface area contributed by atoms with Crippen molar-refractivity contribution in [3.63, 3.8) is 0 Å². The lowest BCUT2D eigenvalue weighted by Crippen LogP contribution is -2.44. The molecule has 3 aliphatic rings. The van der Waals surface area contributed by atoms with E-state index in [1.807, 2.05) is 19.1 Å². The number of allylic oxidation sites excluding steroid dienone is 5. The van der Waals surface area contributed by atoms with E-state index in [0.717, 1.165) is 58.6 Å². The molecule has 5 heteroatoms. The zero-order valence-corrected chi connectivity index (χ0v) is 27.1. The maximum absolute atomic E-state index is 14.1. The van der Waals surface area contributed by atoms with Crippen LogP contribution in [0.1, 0.15) is 95.4 Å². The zero-order chi connectivity index (χ0) is 31.1. The molecule has 0 spiro atoms. The molecular weight excluding hydrogens is 534 g/mol. The van der Waals surface area contributed by atoms with Crippen molar-refractivity contribution in [2.75, 3.05) is 13.2 Å². The van der Waals surface area contributed by atoms with Gasteiger partial charge in [-0.25, -0.2) is 0 Å². The molecule has 2 aliphatic carbocycles. The van der Waals surface area contributed by atoms with Crippen LogP contribution < -0.4 is 9.47 Å². The topological polar surface area (TPSA) is 55.8 Å². The van der Waals surface area contributed by atoms with Gasteiger partial charge < -0.3 is 14.4 Å². The summed E-state index contributed by atoms with van der Waals surface area (Å²) in [5, 5.41) is 0. The first-order valence-electron chi connectivity index (χ1n) is 15.8. The number of carbonyl (C=O) groups is 2. The van der Waals surface area contributed by atoms with Gasteiger partial charge in [0.1, 0.15) is 6.61 Å². The highest BCUT2D eigenvalue weighted by atomic mass is 16.5. The van der Waals surface area contributed by atoms with Crippen LogP contribution in [0.15, 0.2) is 71.6 Å². The zero-order valence-electron chi connectivity index (χ0n) is 27.1. The van der Waals surface area contributed by atoms with Crippen molar-refractivity contribution in [3.8, 4) is 11.5 Å². The Hall–Kier alpha value is -3.60. The van der Waals surface area contributed by atoms with Crippen LogP contribution in [0.25, 0.3) is 0 Å². The van der Waals surface area contributed by atoms with E-state index in [4.69, 9.17) is 9.47 Å². The molecule has 228 valence electrons. The summed E-state index contributed by atoms with van der Waals surface area (Å²) < 4.78 is 12.7. The quantitative estimate of drug-likeness (QED) is 0.278. The van der Waals surface area contributed by atoms with Crippen molar-refractivity contribution in [2.24, 2.45) is 10.8 Å². The number of aryl methyl sites for hydroxylation is 1. The number of hydrogen-bond acceptors (Lipinski definition) is 5. The molecular formula is C38H47NO4. The van der Waals surface area contributed by atoms with Crippen LogP contribution in [0, 0.1) is 17.8 Å². The summed E-state index contributed by atoms with van der Waals surface area (Å²) in [6.07, 6.45) is 4.99. The van der Waals surface area contributed by atoms with E-state index >= 15 is 0 Å². The average molecular weight is 582 g/mol. The number of nitrogens with zero attached hydrogens (tertiary/aromatic N) is 1. The molecule has 1 heterocycles. The van der Waals surface area contributed by atoms with Crippen molar-refractivity contribution in [1.82, 2.24) is 4.90 Å². The predicted molar refractivity (Wildman–Crippen MR) is 172 cm³/mol. The molecule has 2 aromatic carbocycles. The molecule has 0 fully saturated rings. The molecule has 0 amide bonds. The third-order valence-corrected chi connectivity index (χ3v) is 8.99. The molecule has 5 rings (SSSR count). The van der Waals surface area contributed by atoms with E-state index in [0.29, 0.717) is 44.0 Å². The van der Waals surface area contributed by atoms with Crippen molar-refractivity contribution < 1.29 is 19.1 Å². The molecule has 0 bridgehead atoms. The lowest BCUT2D eigenvalue weighted by Gasteiger charge is -2.49. The minimum absolute atomic E-state index is 0.141. The summed E-state index contributed by atoms with van der Waals surface area (Å²) in [5.74, 6) is 1.18. The van der Waals surface area contributed by atoms with Crippen LogP contribution >= 0.6 is 0 Å². The minimum atomic E-state index is -0.422. The summed E-state index contributed by atoms with van der Waals surface area (Å²) in [5.41, 5.74) is 7.59. The Morgan fingerprint density at radius 1 is 0.884 bits per heavy atom. The monoisotopic (exact) mass is 581 g/mol. The third kappa shape index (κ3) is 6.09. The Kier molecular flexibility index (Phi) is 8.48. The van der Waals surface area contributed by atoms with Crippen molar-refractivity contribution in [1.29, 1.82) is 0 Å². The first kappa shape index (κ1) is 30.8. The molecule has 0 unspecified atom stereocenters. The second kappa shape index (κ2) is 11.8. The normalized spacial score (nSPS) is 19.7. The van der Waals surface area contributed by atoms with Gasteiger partial charge in [0.2, 0.25) is 0 Å². The molecule has 0 atom stereocenters. The fourth-order valence-corrected chi connectivity index (χ4v) is 7.19. The van der Waals surface area contributed by atoms with Crippen molar-refractivity contribution >= 4 is 11.6 Å². The third-order valence-electron chi connectivity index (χ3n) is 8.99. The fraction of sp³-hybridized carbons (Fsp3) is 0.474. The number of benzene rings is 2. The fourth-order valence-electron chi connectivity index (χ4n) is 7.19. The van der Waals surface area contributed by atoms with Crippen molar-refractivity contribution in [3.05, 3.63) is 93.8 Å². The van der Waals surface area contributed by atoms with E-state index < -0.39 is 5.92 Å². The van der Waals surface area contributed by atoms with Crippen LogP contribution in [0.3, 0.4) is 0 Å². The summed E-state index contributed by atoms with van der Waals surface area (Å²) in [7, 11) is 0. The van der Waals surface area contributed by atoms with Crippen LogP contribution in [-0.2, 0) is 22.6 Å². The number of ether oxygens (including phenoxy) is 2. The first-order valence-corrected chi connectivity index (χ1v) is 15.8. The van der Waals surface area contributed by atoms with Gasteiger partial charge in [-0.1, -0.05) is 69.7 Å². The number of hydrogen-bond donors (Lipinski definition) is 0. The Bertz CT molecular complexity index is 1450. The van der Waals surface area contributed by atoms with Crippen LogP contribution in [0.2, 0.25) is 0 Å². The van der Waals surface area contributed by atoms with E-state index in [1.54, 1.807) is 0 Å². The average Bonchev–Trinajstić information content (AvgIpc) is 2.91. The Morgan fingerprint density at radius 3 is 1.98 bits per heavy atom. The minimum Gasteiger partial charge on any atom is -0.490 e. The Balaban J connectivity index is 1.70. The van der Waals surface area contributed by atoms with E-state index in [9.17, 15) is 9.59 Å². The highest BCUT2D eigenvalue weighted by Gasteiger charge is 2.48. The van der Waals surface area contributed by atoms with Crippen LogP contribution in [0.4, 0.5) is 0 Å². The summed E-state index contributed by atoms with van der Waals surface area (Å²) in [6.45, 7) is 20.5. The Morgan fingerprint density at radius 2 is 1.47 bits per heavy atom. The number of rotatable bonds is 9. The molecule has 0 saturated heterocycles. The smallest absolute Gasteiger partial charge is 0.165 e. The molecule has 5 nitrogen and oxygen atoms in total. The highest BCUT2D eigenvalue weighted by Crippen LogP contribution is 2.55. The van der Waals surface area contributed by atoms with E-state index in [2.05, 4.69) is 83.4 Å². The SMILES string of the molecule is C=CCc1cc(C2C3=C(CC(C)(C)CC3=O)N(CC)C3=C2C(=O)CC(C)(C)C3)cc(OCC)c1OCc1ccc(C)cc1. The maximum Gasteiger partial charge on any atom is 0.165 e. The van der Waals surface area contributed by atoms with E-state index in [-0.39, 0.29) is 22.4 Å². The largest absolute Gasteiger partial charge is 0.490 e. The number of carbonyl (C=O) groups excluding carboxylic acids is 2. The number of Topliss-reactive ketones (excluding diaryl/α,β-unsaturated/α-hetero) is 2. The molecule has 43 heavy (non-hydrogen) atoms. The van der Waals surface area contributed by atoms with Gasteiger partial charge in [-0.05, 0) is 68.1 Å². The summed E-state index contributed by atoms with van der Waals surface area (Å²) in [4.78, 5) is 30.5. The van der Waals surface area contributed by atoms with Gasteiger partial charge in [0, 0.05) is 53.4 Å². The maximum atomic E-state index is 14.1. The Labute approximate surface area is 257 Å². The first-order chi connectivity index (χ1) is 20.4. The standard InChI is InChI=1S/C38H47NO4/c1-9-12-26-17-27(18-32(42-11-3)36(26)43-23-25-15-13-24(4)14-16-25)33-34-28(19-37(5,6)21-30(34)40)39(10-2)29-20-38(7,8)22-31(41)35(29)33/h9,13-18,33H,1,10-12,19-23H2,2-8H3. The summed E-state index contributed by atoms with van der Waals surface area (Å²) >= 11 is 0. The van der Waals surface area contributed by atoms with Gasteiger partial charge in [-0.3, -0.25) is 9.59 Å². The second-order valence-electron chi connectivity index (χ2n) is 14.0. The van der Waals surface area contributed by atoms with Gasteiger partial charge in [0.05, 0.1) is 6.61 Å². The van der Waals surface area contributed by atoms with Gasteiger partial charge >= 0.3 is 0 Å². The second-order valence-corrected chi connectivity index (χ2v) is 14.0. The highest BCUT2D eigenvalue weighted by molar-refractivity contribution is 6.06. The van der Waals surface area contributed by atoms with E-state index in [1.165, 1.54) is 5.56 Å². The molecule has 0 saturated carbocycles. The molecule has 2 aromatic rings. The van der Waals surface area contributed by atoms with Gasteiger partial charge in [0.15, 0.2) is 23.1 Å². The van der Waals surface area contributed by atoms with Gasteiger partial charge in [-0.15, -0.1) is 6.58 Å². The summed E-state index contributed by atoms with van der Waals surface area (Å²) in [6, 6.07) is 12.5. The molecule has 0 aromatic heterocycles. The molecule has 0 N–H and O–H groups in total. The van der Waals surface area contributed by atoms with Crippen LogP contribution in [-0.4, -0.2) is 29.6 Å².